The molecule has 1 fully saturated rings. The summed E-state index contributed by atoms with van der Waals surface area (Å²) in [7, 11) is 1.69. The van der Waals surface area contributed by atoms with Crippen molar-refractivity contribution < 1.29 is 9.13 Å². The predicted octanol–water partition coefficient (Wildman–Crippen LogP) is 2.92. The summed E-state index contributed by atoms with van der Waals surface area (Å²) in [5.74, 6) is -0.392. The van der Waals surface area contributed by atoms with Gasteiger partial charge in [-0.25, -0.2) is 4.39 Å². The van der Waals surface area contributed by atoms with E-state index < -0.39 is 5.82 Å². The second kappa shape index (κ2) is 4.92. The number of rotatable bonds is 4. The minimum Gasteiger partial charge on any atom is -0.377 e. The first-order chi connectivity index (χ1) is 8.09. The SMILES string of the molecule is COC1(C(N)Cc2cccc(F)c2Cl)CCC1. The average Bonchev–Trinajstić information content (AvgIpc) is 2.24. The molecule has 0 aromatic heterocycles. The Balaban J connectivity index is 2.13. The quantitative estimate of drug-likeness (QED) is 0.900. The number of hydrogen-bond donors (Lipinski definition) is 1. The smallest absolute Gasteiger partial charge is 0.142 e. The van der Waals surface area contributed by atoms with E-state index in [-0.39, 0.29) is 16.7 Å². The highest BCUT2D eigenvalue weighted by Crippen LogP contribution is 2.38. The largest absolute Gasteiger partial charge is 0.377 e. The summed E-state index contributed by atoms with van der Waals surface area (Å²) in [6.45, 7) is 0. The molecule has 0 radical (unpaired) electrons. The number of ether oxygens (including phenoxy) is 1. The summed E-state index contributed by atoms with van der Waals surface area (Å²) in [5.41, 5.74) is 6.68. The third-order valence-corrected chi connectivity index (χ3v) is 4.18. The Hall–Kier alpha value is -0.640. The Bertz CT molecular complexity index is 401. The van der Waals surface area contributed by atoms with Gasteiger partial charge in [-0.2, -0.15) is 0 Å². The van der Waals surface area contributed by atoms with Crippen LogP contribution >= 0.6 is 11.6 Å². The van der Waals surface area contributed by atoms with Crippen molar-refractivity contribution in [2.24, 2.45) is 5.73 Å². The third kappa shape index (κ3) is 2.32. The van der Waals surface area contributed by atoms with E-state index in [0.29, 0.717) is 6.42 Å². The highest BCUT2D eigenvalue weighted by Gasteiger charge is 2.42. The molecule has 2 rings (SSSR count). The van der Waals surface area contributed by atoms with E-state index in [1.165, 1.54) is 6.07 Å². The van der Waals surface area contributed by atoms with Crippen molar-refractivity contribution in [2.45, 2.75) is 37.3 Å². The summed E-state index contributed by atoms with van der Waals surface area (Å²) in [4.78, 5) is 0. The molecule has 0 bridgehead atoms. The molecule has 0 amide bonds. The second-order valence-electron chi connectivity index (χ2n) is 4.65. The minimum absolute atomic E-state index is 0.138. The van der Waals surface area contributed by atoms with Gasteiger partial charge in [0.1, 0.15) is 5.82 Å². The summed E-state index contributed by atoms with van der Waals surface area (Å²) < 4.78 is 18.8. The lowest BCUT2D eigenvalue weighted by Gasteiger charge is -2.45. The first-order valence-electron chi connectivity index (χ1n) is 5.83. The fourth-order valence-corrected chi connectivity index (χ4v) is 2.58. The Morgan fingerprint density at radius 2 is 2.24 bits per heavy atom. The lowest BCUT2D eigenvalue weighted by atomic mass is 9.73. The maximum absolute atomic E-state index is 13.3. The Morgan fingerprint density at radius 1 is 1.53 bits per heavy atom. The van der Waals surface area contributed by atoms with Crippen LogP contribution in [0.1, 0.15) is 24.8 Å². The van der Waals surface area contributed by atoms with Crippen LogP contribution < -0.4 is 5.73 Å². The predicted molar refractivity (Wildman–Crippen MR) is 66.7 cm³/mol. The number of hydrogen-bond acceptors (Lipinski definition) is 2. The molecular weight excluding hydrogens is 241 g/mol. The van der Waals surface area contributed by atoms with Crippen LogP contribution in [0.25, 0.3) is 0 Å². The molecular formula is C13H17ClFNO. The van der Waals surface area contributed by atoms with Gasteiger partial charge >= 0.3 is 0 Å². The van der Waals surface area contributed by atoms with Gasteiger partial charge in [0, 0.05) is 13.2 Å². The van der Waals surface area contributed by atoms with E-state index in [1.807, 2.05) is 6.07 Å². The fraction of sp³-hybridized carbons (Fsp3) is 0.538. The summed E-state index contributed by atoms with van der Waals surface area (Å²) in [6, 6.07) is 4.68. The summed E-state index contributed by atoms with van der Waals surface area (Å²) in [6.07, 6.45) is 3.62. The van der Waals surface area contributed by atoms with Gasteiger partial charge in [-0.1, -0.05) is 23.7 Å². The van der Waals surface area contributed by atoms with Gasteiger partial charge in [0.25, 0.3) is 0 Å². The Labute approximate surface area is 106 Å². The fourth-order valence-electron chi connectivity index (χ4n) is 2.38. The first kappa shape index (κ1) is 12.8. The van der Waals surface area contributed by atoms with Gasteiger partial charge in [0.15, 0.2) is 0 Å². The molecule has 94 valence electrons. The summed E-state index contributed by atoms with van der Waals surface area (Å²) >= 11 is 5.92. The van der Waals surface area contributed by atoms with Crippen molar-refractivity contribution in [2.75, 3.05) is 7.11 Å². The molecule has 0 heterocycles. The maximum Gasteiger partial charge on any atom is 0.142 e. The van der Waals surface area contributed by atoms with Gasteiger partial charge in [-0.05, 0) is 37.3 Å². The lowest BCUT2D eigenvalue weighted by molar-refractivity contribution is -0.0897. The number of nitrogens with two attached hydrogens (primary N) is 1. The molecule has 1 saturated carbocycles. The van der Waals surface area contributed by atoms with E-state index in [2.05, 4.69) is 0 Å². The van der Waals surface area contributed by atoms with E-state index in [1.54, 1.807) is 13.2 Å². The van der Waals surface area contributed by atoms with Gasteiger partial charge in [0.2, 0.25) is 0 Å². The van der Waals surface area contributed by atoms with Crippen LogP contribution in [-0.2, 0) is 11.2 Å². The molecule has 1 aromatic carbocycles. The molecule has 1 aliphatic carbocycles. The van der Waals surface area contributed by atoms with Crippen molar-refractivity contribution in [3.63, 3.8) is 0 Å². The van der Waals surface area contributed by atoms with Crippen LogP contribution in [0.15, 0.2) is 18.2 Å². The highest BCUT2D eigenvalue weighted by molar-refractivity contribution is 6.31. The zero-order chi connectivity index (χ0) is 12.5. The van der Waals surface area contributed by atoms with Crippen molar-refractivity contribution in [1.82, 2.24) is 0 Å². The van der Waals surface area contributed by atoms with Crippen LogP contribution in [0, 0.1) is 5.82 Å². The molecule has 0 spiro atoms. The van der Waals surface area contributed by atoms with E-state index in [0.717, 1.165) is 24.8 Å². The van der Waals surface area contributed by atoms with Crippen LogP contribution in [0.4, 0.5) is 4.39 Å². The van der Waals surface area contributed by atoms with Crippen LogP contribution in [-0.4, -0.2) is 18.8 Å². The van der Waals surface area contributed by atoms with Crippen molar-refractivity contribution >= 4 is 11.6 Å². The molecule has 1 aromatic rings. The number of methoxy groups -OCH3 is 1. The first-order valence-corrected chi connectivity index (χ1v) is 6.20. The maximum atomic E-state index is 13.3. The molecule has 0 saturated heterocycles. The van der Waals surface area contributed by atoms with Crippen molar-refractivity contribution in [3.8, 4) is 0 Å². The Morgan fingerprint density at radius 3 is 2.76 bits per heavy atom. The normalized spacial score (nSPS) is 19.8. The average molecular weight is 258 g/mol. The number of halogens is 2. The van der Waals surface area contributed by atoms with Crippen LogP contribution in [0.3, 0.4) is 0 Å². The van der Waals surface area contributed by atoms with Gasteiger partial charge in [0.05, 0.1) is 10.6 Å². The number of benzene rings is 1. The molecule has 1 unspecified atom stereocenters. The standard InChI is InChI=1S/C13H17ClFNO/c1-17-13(6-3-7-13)11(16)8-9-4-2-5-10(15)12(9)14/h2,4-5,11H,3,6-8,16H2,1H3. The van der Waals surface area contributed by atoms with E-state index in [4.69, 9.17) is 22.1 Å². The zero-order valence-electron chi connectivity index (χ0n) is 9.88. The lowest BCUT2D eigenvalue weighted by Crippen LogP contribution is -2.55. The molecule has 17 heavy (non-hydrogen) atoms. The molecule has 0 aliphatic heterocycles. The minimum atomic E-state index is -0.392. The monoisotopic (exact) mass is 257 g/mol. The topological polar surface area (TPSA) is 35.2 Å². The van der Waals surface area contributed by atoms with Crippen LogP contribution in [0.2, 0.25) is 5.02 Å². The van der Waals surface area contributed by atoms with E-state index in [9.17, 15) is 4.39 Å². The molecule has 1 atom stereocenters. The highest BCUT2D eigenvalue weighted by atomic mass is 35.5. The molecule has 2 N–H and O–H groups in total. The van der Waals surface area contributed by atoms with Crippen LogP contribution in [0.5, 0.6) is 0 Å². The molecule has 4 heteroatoms. The van der Waals surface area contributed by atoms with E-state index >= 15 is 0 Å². The van der Waals surface area contributed by atoms with Crippen molar-refractivity contribution in [3.05, 3.63) is 34.6 Å². The van der Waals surface area contributed by atoms with Crippen molar-refractivity contribution in [1.29, 1.82) is 0 Å². The summed E-state index contributed by atoms with van der Waals surface area (Å²) in [5, 5.41) is 0.175. The van der Waals surface area contributed by atoms with Gasteiger partial charge in [-0.3, -0.25) is 0 Å². The molecule has 2 nitrogen and oxygen atoms in total. The third-order valence-electron chi connectivity index (χ3n) is 3.75. The second-order valence-corrected chi connectivity index (χ2v) is 5.02. The molecule has 1 aliphatic rings. The zero-order valence-corrected chi connectivity index (χ0v) is 10.6. The Kier molecular flexibility index (Phi) is 3.71. The van der Waals surface area contributed by atoms with Gasteiger partial charge < -0.3 is 10.5 Å². The van der Waals surface area contributed by atoms with Gasteiger partial charge in [-0.15, -0.1) is 0 Å².